The van der Waals surface area contributed by atoms with Crippen molar-refractivity contribution in [3.8, 4) is 0 Å². The Kier molecular flexibility index (Phi) is 6.67. The molecule has 0 radical (unpaired) electrons. The molecule has 1 fully saturated rings. The first-order chi connectivity index (χ1) is 11.7. The summed E-state index contributed by atoms with van der Waals surface area (Å²) in [6, 6.07) is 17.7. The molecule has 2 aromatic rings. The van der Waals surface area contributed by atoms with Gasteiger partial charge in [-0.25, -0.2) is 0 Å². The van der Waals surface area contributed by atoms with Gasteiger partial charge in [0, 0.05) is 47.7 Å². The van der Waals surface area contributed by atoms with Crippen LogP contribution in [0.3, 0.4) is 0 Å². The van der Waals surface area contributed by atoms with Crippen LogP contribution in [0.2, 0.25) is 0 Å². The van der Waals surface area contributed by atoms with Crippen LogP contribution in [-0.4, -0.2) is 47.7 Å². The van der Waals surface area contributed by atoms with E-state index in [-0.39, 0.29) is 0 Å². The molecule has 0 aromatic heterocycles. The lowest BCUT2D eigenvalue weighted by Crippen LogP contribution is -2.45. The van der Waals surface area contributed by atoms with Crippen LogP contribution in [0.4, 0.5) is 0 Å². The maximum absolute atomic E-state index is 2.57. The van der Waals surface area contributed by atoms with Crippen LogP contribution in [0.25, 0.3) is 0 Å². The van der Waals surface area contributed by atoms with Crippen LogP contribution in [0, 0.1) is 13.8 Å². The third-order valence-electron chi connectivity index (χ3n) is 4.33. The smallest absolute Gasteiger partial charge is 0.0492 e. The number of aryl methyl sites for hydroxylation is 2. The van der Waals surface area contributed by atoms with Crippen molar-refractivity contribution in [1.82, 2.24) is 9.80 Å². The minimum Gasteiger partial charge on any atom is -0.291 e. The van der Waals surface area contributed by atoms with Gasteiger partial charge in [-0.2, -0.15) is 0 Å². The topological polar surface area (TPSA) is 6.48 Å². The number of hydrogen-bond donors (Lipinski definition) is 0. The van der Waals surface area contributed by atoms with Crippen molar-refractivity contribution in [2.24, 2.45) is 0 Å². The van der Waals surface area contributed by atoms with Crippen LogP contribution in [0.15, 0.2) is 58.3 Å². The summed E-state index contributed by atoms with van der Waals surface area (Å²) in [4.78, 5) is 7.88. The minimum atomic E-state index is 1.10. The molecular formula is C20H26N2S2. The summed E-state index contributed by atoms with van der Waals surface area (Å²) in [5, 5.41) is 0. The lowest BCUT2D eigenvalue weighted by atomic mass is 10.2. The molecule has 0 N–H and O–H groups in total. The Hall–Kier alpha value is -0.940. The van der Waals surface area contributed by atoms with Crippen molar-refractivity contribution < 1.29 is 0 Å². The van der Waals surface area contributed by atoms with Crippen LogP contribution < -0.4 is 0 Å². The van der Waals surface area contributed by atoms with Crippen molar-refractivity contribution in [3.63, 3.8) is 0 Å². The maximum atomic E-state index is 2.57. The Balaban J connectivity index is 1.36. The fraction of sp³-hybridized carbons (Fsp3) is 0.400. The van der Waals surface area contributed by atoms with Gasteiger partial charge in [-0.15, -0.1) is 23.5 Å². The SMILES string of the molecule is Cc1ccc(SCN2CCN(CSc3ccc(C)cc3)CC2)cc1. The molecule has 2 aromatic carbocycles. The van der Waals surface area contributed by atoms with E-state index in [4.69, 9.17) is 0 Å². The molecule has 0 saturated carbocycles. The molecule has 128 valence electrons. The molecule has 0 unspecified atom stereocenters. The third kappa shape index (κ3) is 5.55. The molecule has 0 atom stereocenters. The lowest BCUT2D eigenvalue weighted by molar-refractivity contribution is 0.169. The Bertz CT molecular complexity index is 560. The molecule has 1 saturated heterocycles. The van der Waals surface area contributed by atoms with Crippen LogP contribution >= 0.6 is 23.5 Å². The Morgan fingerprint density at radius 1 is 0.625 bits per heavy atom. The van der Waals surface area contributed by atoms with Crippen molar-refractivity contribution in [1.29, 1.82) is 0 Å². The molecule has 0 bridgehead atoms. The van der Waals surface area contributed by atoms with E-state index in [0.29, 0.717) is 0 Å². The summed E-state index contributed by atoms with van der Waals surface area (Å²) >= 11 is 3.90. The summed E-state index contributed by atoms with van der Waals surface area (Å²) in [7, 11) is 0. The average molecular weight is 359 g/mol. The van der Waals surface area contributed by atoms with E-state index < -0.39 is 0 Å². The van der Waals surface area contributed by atoms with E-state index in [1.165, 1.54) is 47.1 Å². The second-order valence-corrected chi connectivity index (χ2v) is 8.45. The number of rotatable bonds is 6. The molecule has 3 rings (SSSR count). The van der Waals surface area contributed by atoms with Gasteiger partial charge in [0.1, 0.15) is 0 Å². The zero-order valence-corrected chi connectivity index (χ0v) is 16.2. The van der Waals surface area contributed by atoms with Gasteiger partial charge in [0.2, 0.25) is 0 Å². The highest BCUT2D eigenvalue weighted by Crippen LogP contribution is 2.22. The molecule has 1 heterocycles. The van der Waals surface area contributed by atoms with Crippen LogP contribution in [0.5, 0.6) is 0 Å². The third-order valence-corrected chi connectivity index (χ3v) is 6.53. The van der Waals surface area contributed by atoms with Gasteiger partial charge < -0.3 is 0 Å². The highest BCUT2D eigenvalue weighted by molar-refractivity contribution is 7.99. The molecular weight excluding hydrogens is 332 g/mol. The Morgan fingerprint density at radius 3 is 1.29 bits per heavy atom. The summed E-state index contributed by atoms with van der Waals surface area (Å²) in [5.41, 5.74) is 2.66. The first-order valence-corrected chi connectivity index (χ1v) is 10.5. The molecule has 0 amide bonds. The van der Waals surface area contributed by atoms with Crippen molar-refractivity contribution in [2.45, 2.75) is 23.6 Å². The zero-order chi connectivity index (χ0) is 16.8. The predicted octanol–water partition coefficient (Wildman–Crippen LogP) is 4.72. The van der Waals surface area contributed by atoms with Crippen LogP contribution in [-0.2, 0) is 0 Å². The monoisotopic (exact) mass is 358 g/mol. The number of benzene rings is 2. The Morgan fingerprint density at radius 2 is 0.958 bits per heavy atom. The number of thioether (sulfide) groups is 2. The van der Waals surface area contributed by atoms with E-state index in [9.17, 15) is 0 Å². The highest BCUT2D eigenvalue weighted by Gasteiger charge is 2.16. The molecule has 4 heteroatoms. The first-order valence-electron chi connectivity index (χ1n) is 8.53. The van der Waals surface area contributed by atoms with E-state index in [2.05, 4.69) is 72.2 Å². The second-order valence-electron chi connectivity index (χ2n) is 6.41. The summed E-state index contributed by atoms with van der Waals surface area (Å²) in [6.07, 6.45) is 0. The van der Waals surface area contributed by atoms with E-state index in [1.54, 1.807) is 0 Å². The molecule has 2 nitrogen and oxygen atoms in total. The first kappa shape index (κ1) is 17.9. The van der Waals surface area contributed by atoms with Gasteiger partial charge in [0.05, 0.1) is 0 Å². The fourth-order valence-electron chi connectivity index (χ4n) is 2.65. The summed E-state index contributed by atoms with van der Waals surface area (Å²) in [5.74, 6) is 2.20. The molecule has 0 aliphatic carbocycles. The van der Waals surface area contributed by atoms with Gasteiger partial charge in [0.15, 0.2) is 0 Å². The van der Waals surface area contributed by atoms with E-state index >= 15 is 0 Å². The lowest BCUT2D eigenvalue weighted by Gasteiger charge is -2.34. The van der Waals surface area contributed by atoms with Gasteiger partial charge in [-0.3, -0.25) is 9.80 Å². The quantitative estimate of drug-likeness (QED) is 0.689. The van der Waals surface area contributed by atoms with Gasteiger partial charge in [-0.1, -0.05) is 35.4 Å². The highest BCUT2D eigenvalue weighted by atomic mass is 32.2. The van der Waals surface area contributed by atoms with E-state index in [1.807, 2.05) is 23.5 Å². The molecule has 1 aliphatic heterocycles. The average Bonchev–Trinajstić information content (AvgIpc) is 2.62. The number of piperazine rings is 1. The maximum Gasteiger partial charge on any atom is 0.0492 e. The van der Waals surface area contributed by atoms with Crippen molar-refractivity contribution in [2.75, 3.05) is 37.9 Å². The van der Waals surface area contributed by atoms with Gasteiger partial charge in [-0.05, 0) is 38.1 Å². The minimum absolute atomic E-state index is 1.10. The van der Waals surface area contributed by atoms with Gasteiger partial charge >= 0.3 is 0 Å². The second kappa shape index (κ2) is 8.95. The Labute approximate surface area is 154 Å². The van der Waals surface area contributed by atoms with Gasteiger partial charge in [0.25, 0.3) is 0 Å². The number of hydrogen-bond acceptors (Lipinski definition) is 4. The normalized spacial score (nSPS) is 16.4. The standard InChI is InChI=1S/C20H26N2S2/c1-17-3-7-19(8-4-17)23-15-21-11-13-22(14-12-21)16-24-20-9-5-18(2)6-10-20/h3-10H,11-16H2,1-2H3. The van der Waals surface area contributed by atoms with E-state index in [0.717, 1.165) is 11.8 Å². The predicted molar refractivity (Wildman–Crippen MR) is 107 cm³/mol. The molecule has 0 spiro atoms. The van der Waals surface area contributed by atoms with Crippen LogP contribution in [0.1, 0.15) is 11.1 Å². The van der Waals surface area contributed by atoms with Crippen molar-refractivity contribution in [3.05, 3.63) is 59.7 Å². The largest absolute Gasteiger partial charge is 0.291 e. The zero-order valence-electron chi connectivity index (χ0n) is 14.6. The van der Waals surface area contributed by atoms with Crippen molar-refractivity contribution >= 4 is 23.5 Å². The summed E-state index contributed by atoms with van der Waals surface area (Å²) < 4.78 is 0. The summed E-state index contributed by atoms with van der Waals surface area (Å²) in [6.45, 7) is 8.98. The number of nitrogens with zero attached hydrogens (tertiary/aromatic N) is 2. The molecule has 1 aliphatic rings. The fourth-order valence-corrected chi connectivity index (χ4v) is 4.48. The molecule has 24 heavy (non-hydrogen) atoms.